The van der Waals surface area contributed by atoms with Crippen LogP contribution in [0.5, 0.6) is 0 Å². The van der Waals surface area contributed by atoms with Crippen molar-refractivity contribution in [1.82, 2.24) is 15.0 Å². The zero-order valence-corrected chi connectivity index (χ0v) is 13.8. The van der Waals surface area contributed by atoms with Crippen LogP contribution in [-0.2, 0) is 9.53 Å². The third kappa shape index (κ3) is 4.03. The quantitative estimate of drug-likeness (QED) is 0.880. The number of benzene rings is 1. The Bertz CT molecular complexity index is 767. The highest BCUT2D eigenvalue weighted by atomic mass is 16.5. The average Bonchev–Trinajstić information content (AvgIpc) is 3.06. The summed E-state index contributed by atoms with van der Waals surface area (Å²) in [4.78, 5) is 29.7. The number of hydrogen-bond acceptors (Lipinski definition) is 6. The average molecular weight is 345 g/mol. The van der Waals surface area contributed by atoms with Gasteiger partial charge in [-0.25, -0.2) is 0 Å². The summed E-state index contributed by atoms with van der Waals surface area (Å²) in [5.74, 6) is -0.536. The summed E-state index contributed by atoms with van der Waals surface area (Å²) in [7, 11) is 0. The SMILES string of the molecule is Cc1nc(-c2cccc(C(=O)N(CC(=O)O)C3CCOCC3)c2)no1. The van der Waals surface area contributed by atoms with Crippen LogP contribution in [0.15, 0.2) is 28.8 Å². The third-order valence-electron chi connectivity index (χ3n) is 4.09. The van der Waals surface area contributed by atoms with E-state index in [4.69, 9.17) is 9.26 Å². The standard InChI is InChI=1S/C17H19N3O5/c1-11-18-16(19-25-11)12-3-2-4-13(9-12)17(23)20(10-15(21)22)14-5-7-24-8-6-14/h2-4,9,14H,5-8,10H2,1H3,(H,21,22). The number of amides is 1. The van der Waals surface area contributed by atoms with Crippen molar-refractivity contribution in [1.29, 1.82) is 0 Å². The number of rotatable bonds is 5. The van der Waals surface area contributed by atoms with Gasteiger partial charge >= 0.3 is 5.97 Å². The molecular weight excluding hydrogens is 326 g/mol. The Hall–Kier alpha value is -2.74. The molecule has 0 spiro atoms. The number of nitrogens with zero attached hydrogens (tertiary/aromatic N) is 3. The molecule has 0 atom stereocenters. The number of ether oxygens (including phenoxy) is 1. The van der Waals surface area contributed by atoms with Crippen molar-refractivity contribution in [2.45, 2.75) is 25.8 Å². The second-order valence-electron chi connectivity index (χ2n) is 5.89. The first-order valence-corrected chi connectivity index (χ1v) is 8.06. The number of carbonyl (C=O) groups is 2. The lowest BCUT2D eigenvalue weighted by Crippen LogP contribution is -2.46. The fourth-order valence-electron chi connectivity index (χ4n) is 2.88. The summed E-state index contributed by atoms with van der Waals surface area (Å²) < 4.78 is 10.3. The molecule has 0 saturated carbocycles. The zero-order valence-electron chi connectivity index (χ0n) is 13.8. The highest BCUT2D eigenvalue weighted by Gasteiger charge is 2.28. The lowest BCUT2D eigenvalue weighted by molar-refractivity contribution is -0.138. The molecule has 1 aromatic carbocycles. The van der Waals surface area contributed by atoms with E-state index >= 15 is 0 Å². The minimum atomic E-state index is -1.04. The predicted molar refractivity (Wildman–Crippen MR) is 87.0 cm³/mol. The maximum absolute atomic E-state index is 12.9. The third-order valence-corrected chi connectivity index (χ3v) is 4.09. The molecule has 1 amide bonds. The van der Waals surface area contributed by atoms with Crippen LogP contribution in [0, 0.1) is 6.92 Å². The molecule has 8 nitrogen and oxygen atoms in total. The summed E-state index contributed by atoms with van der Waals surface area (Å²) in [6, 6.07) is 6.66. The Morgan fingerprint density at radius 1 is 1.32 bits per heavy atom. The van der Waals surface area contributed by atoms with Crippen molar-refractivity contribution in [3.63, 3.8) is 0 Å². The van der Waals surface area contributed by atoms with Gasteiger partial charge in [0.25, 0.3) is 5.91 Å². The molecule has 0 bridgehead atoms. The van der Waals surface area contributed by atoms with Gasteiger partial charge in [-0.15, -0.1) is 0 Å². The molecule has 1 aromatic heterocycles. The predicted octanol–water partition coefficient (Wildman–Crippen LogP) is 1.75. The van der Waals surface area contributed by atoms with Gasteiger partial charge in [0.15, 0.2) is 0 Å². The summed E-state index contributed by atoms with van der Waals surface area (Å²) in [5.41, 5.74) is 1.04. The van der Waals surface area contributed by atoms with Crippen LogP contribution in [-0.4, -0.2) is 57.8 Å². The van der Waals surface area contributed by atoms with Crippen molar-refractivity contribution in [2.75, 3.05) is 19.8 Å². The van der Waals surface area contributed by atoms with Crippen LogP contribution in [0.2, 0.25) is 0 Å². The molecule has 1 N–H and O–H groups in total. The smallest absolute Gasteiger partial charge is 0.323 e. The highest BCUT2D eigenvalue weighted by Crippen LogP contribution is 2.21. The number of hydrogen-bond donors (Lipinski definition) is 1. The number of carboxylic acids is 1. The number of carbonyl (C=O) groups excluding carboxylic acids is 1. The molecule has 1 aliphatic heterocycles. The van der Waals surface area contributed by atoms with Crippen LogP contribution >= 0.6 is 0 Å². The first-order chi connectivity index (χ1) is 12.0. The lowest BCUT2D eigenvalue weighted by atomic mass is 10.0. The molecule has 0 aliphatic carbocycles. The summed E-state index contributed by atoms with van der Waals surface area (Å²) in [6.07, 6.45) is 1.26. The van der Waals surface area contributed by atoms with Gasteiger partial charge in [0.05, 0.1) is 0 Å². The van der Waals surface area contributed by atoms with Crippen LogP contribution in [0.25, 0.3) is 11.4 Å². The molecule has 1 fully saturated rings. The lowest BCUT2D eigenvalue weighted by Gasteiger charge is -2.33. The molecule has 0 radical (unpaired) electrons. The van der Waals surface area contributed by atoms with Gasteiger partial charge in [0, 0.05) is 37.3 Å². The van der Waals surface area contributed by atoms with Gasteiger partial charge in [-0.3, -0.25) is 9.59 Å². The molecule has 1 saturated heterocycles. The molecule has 0 unspecified atom stereocenters. The molecular formula is C17H19N3O5. The van der Waals surface area contributed by atoms with Crippen LogP contribution < -0.4 is 0 Å². The van der Waals surface area contributed by atoms with E-state index in [1.807, 2.05) is 0 Å². The molecule has 132 valence electrons. The van der Waals surface area contributed by atoms with Gasteiger partial charge in [0.2, 0.25) is 11.7 Å². The fraction of sp³-hybridized carbons (Fsp3) is 0.412. The first kappa shape index (κ1) is 17.1. The van der Waals surface area contributed by atoms with Crippen LogP contribution in [0.4, 0.5) is 0 Å². The van der Waals surface area contributed by atoms with Crippen molar-refractivity contribution in [3.05, 3.63) is 35.7 Å². The number of aromatic nitrogens is 2. The van der Waals surface area contributed by atoms with E-state index in [1.165, 1.54) is 4.90 Å². The fourth-order valence-corrected chi connectivity index (χ4v) is 2.88. The van der Waals surface area contributed by atoms with Gasteiger partial charge in [-0.05, 0) is 25.0 Å². The molecule has 2 aromatic rings. The van der Waals surface area contributed by atoms with E-state index < -0.39 is 5.97 Å². The first-order valence-electron chi connectivity index (χ1n) is 8.06. The minimum Gasteiger partial charge on any atom is -0.480 e. The van der Waals surface area contributed by atoms with Gasteiger partial charge in [-0.1, -0.05) is 17.3 Å². The Morgan fingerprint density at radius 3 is 2.72 bits per heavy atom. The topological polar surface area (TPSA) is 106 Å². The highest BCUT2D eigenvalue weighted by molar-refractivity contribution is 5.97. The monoisotopic (exact) mass is 345 g/mol. The van der Waals surface area contributed by atoms with E-state index in [0.717, 1.165) is 0 Å². The number of carboxylic acid groups (broad SMARTS) is 1. The summed E-state index contributed by atoms with van der Waals surface area (Å²) in [5, 5.41) is 13.0. The van der Waals surface area contributed by atoms with Crippen molar-refractivity contribution < 1.29 is 24.0 Å². The van der Waals surface area contributed by atoms with E-state index in [1.54, 1.807) is 31.2 Å². The second kappa shape index (κ2) is 7.43. The Balaban J connectivity index is 1.87. The molecule has 25 heavy (non-hydrogen) atoms. The van der Waals surface area contributed by atoms with E-state index in [0.29, 0.717) is 48.9 Å². The van der Waals surface area contributed by atoms with Gasteiger partial charge < -0.3 is 19.3 Å². The maximum Gasteiger partial charge on any atom is 0.323 e. The Kier molecular flexibility index (Phi) is 5.08. The molecule has 3 rings (SSSR count). The van der Waals surface area contributed by atoms with Crippen LogP contribution in [0.3, 0.4) is 0 Å². The van der Waals surface area contributed by atoms with Gasteiger partial charge in [0.1, 0.15) is 6.54 Å². The molecule has 2 heterocycles. The van der Waals surface area contributed by atoms with E-state index in [-0.39, 0.29) is 18.5 Å². The largest absolute Gasteiger partial charge is 0.480 e. The van der Waals surface area contributed by atoms with E-state index in [9.17, 15) is 14.7 Å². The maximum atomic E-state index is 12.9. The van der Waals surface area contributed by atoms with Crippen molar-refractivity contribution in [2.24, 2.45) is 0 Å². The minimum absolute atomic E-state index is 0.145. The van der Waals surface area contributed by atoms with Crippen molar-refractivity contribution >= 4 is 11.9 Å². The van der Waals surface area contributed by atoms with Crippen molar-refractivity contribution in [3.8, 4) is 11.4 Å². The molecule has 8 heteroatoms. The summed E-state index contributed by atoms with van der Waals surface area (Å²) in [6.45, 7) is 2.40. The molecule has 1 aliphatic rings. The summed E-state index contributed by atoms with van der Waals surface area (Å²) >= 11 is 0. The Morgan fingerprint density at radius 2 is 2.08 bits per heavy atom. The number of aryl methyl sites for hydroxylation is 1. The number of aliphatic carboxylic acids is 1. The second-order valence-corrected chi connectivity index (χ2v) is 5.89. The van der Waals surface area contributed by atoms with Crippen LogP contribution in [0.1, 0.15) is 29.1 Å². The van der Waals surface area contributed by atoms with Gasteiger partial charge in [-0.2, -0.15) is 4.98 Å². The Labute approximate surface area is 144 Å². The van der Waals surface area contributed by atoms with E-state index in [2.05, 4.69) is 10.1 Å². The normalized spacial score (nSPS) is 15.1. The zero-order chi connectivity index (χ0) is 17.8.